The Hall–Kier alpha value is -1.06. The molecule has 1 heterocycles. The van der Waals surface area contributed by atoms with Gasteiger partial charge in [-0.2, -0.15) is 0 Å². The fraction of sp³-hybridized carbons (Fsp3) is 0.385. The Bertz CT molecular complexity index is 509. The van der Waals surface area contributed by atoms with Crippen molar-refractivity contribution in [2.75, 3.05) is 0 Å². The van der Waals surface area contributed by atoms with Crippen molar-refractivity contribution < 1.29 is 9.59 Å². The average molecular weight is 284 g/mol. The number of fused-ring (bicyclic) bond motifs is 1. The van der Waals surface area contributed by atoms with E-state index in [1.807, 2.05) is 0 Å². The Morgan fingerprint density at radius 2 is 1.39 bits per heavy atom. The molecule has 1 saturated carbocycles. The minimum atomic E-state index is -0.297. The molecule has 2 aliphatic rings. The molecule has 0 bridgehead atoms. The molecule has 1 aliphatic carbocycles. The number of imide groups is 1. The molecule has 0 N–H and O–H groups in total. The van der Waals surface area contributed by atoms with Gasteiger partial charge in [-0.25, -0.2) is 0 Å². The van der Waals surface area contributed by atoms with Crippen LogP contribution in [0.5, 0.6) is 0 Å². The first-order chi connectivity index (χ1) is 8.61. The molecule has 0 spiro atoms. The first kappa shape index (κ1) is 12.0. The fourth-order valence-electron chi connectivity index (χ4n) is 2.80. The van der Waals surface area contributed by atoms with E-state index in [9.17, 15) is 9.59 Å². The Balaban J connectivity index is 2.10. The first-order valence-corrected chi connectivity index (χ1v) is 6.72. The number of carbonyl (C=O) groups is 2. The predicted octanol–water partition coefficient (Wildman–Crippen LogP) is 3.53. The molecule has 5 heteroatoms. The largest absolute Gasteiger partial charge is 0.271 e. The van der Waals surface area contributed by atoms with Crippen LogP contribution in [0.1, 0.15) is 46.4 Å². The lowest BCUT2D eigenvalue weighted by Gasteiger charge is -2.21. The fourth-order valence-corrected chi connectivity index (χ4v) is 3.27. The highest BCUT2D eigenvalue weighted by atomic mass is 35.5. The molecule has 1 aromatic carbocycles. The molecule has 1 fully saturated rings. The van der Waals surface area contributed by atoms with Crippen LogP contribution in [0, 0.1) is 0 Å². The van der Waals surface area contributed by atoms with Crippen molar-refractivity contribution in [2.24, 2.45) is 0 Å². The summed E-state index contributed by atoms with van der Waals surface area (Å²) < 4.78 is 0. The molecule has 3 nitrogen and oxygen atoms in total. The van der Waals surface area contributed by atoms with E-state index >= 15 is 0 Å². The van der Waals surface area contributed by atoms with Crippen LogP contribution in [0.2, 0.25) is 10.0 Å². The zero-order valence-corrected chi connectivity index (χ0v) is 11.1. The SMILES string of the molecule is O=C1c2c(Cl)ccc(Cl)c2C(=O)N1C1CCCC1. The number of amides is 2. The van der Waals surface area contributed by atoms with Crippen LogP contribution < -0.4 is 0 Å². The number of halogens is 2. The van der Waals surface area contributed by atoms with E-state index in [-0.39, 0.29) is 29.0 Å². The molecular formula is C13H11Cl2NO2. The van der Waals surface area contributed by atoms with Crippen molar-refractivity contribution in [1.82, 2.24) is 4.90 Å². The summed E-state index contributed by atoms with van der Waals surface area (Å²) in [6.45, 7) is 0. The maximum atomic E-state index is 12.3. The summed E-state index contributed by atoms with van der Waals surface area (Å²) in [5.74, 6) is -0.594. The molecule has 0 atom stereocenters. The molecule has 0 aromatic heterocycles. The molecule has 0 unspecified atom stereocenters. The highest BCUT2D eigenvalue weighted by molar-refractivity contribution is 6.41. The second kappa shape index (κ2) is 4.25. The van der Waals surface area contributed by atoms with Gasteiger partial charge in [0.15, 0.2) is 0 Å². The molecule has 18 heavy (non-hydrogen) atoms. The van der Waals surface area contributed by atoms with Crippen molar-refractivity contribution in [3.63, 3.8) is 0 Å². The van der Waals surface area contributed by atoms with Crippen LogP contribution in [0.3, 0.4) is 0 Å². The van der Waals surface area contributed by atoms with Gasteiger partial charge in [-0.3, -0.25) is 14.5 Å². The molecule has 0 saturated heterocycles. The highest BCUT2D eigenvalue weighted by Crippen LogP contribution is 2.37. The standard InChI is InChI=1S/C13H11Cl2NO2/c14-8-5-6-9(15)11-10(8)12(17)16(13(11)18)7-3-1-2-4-7/h5-7H,1-4H2. The third-order valence-electron chi connectivity index (χ3n) is 3.66. The Morgan fingerprint density at radius 1 is 0.944 bits per heavy atom. The second-order valence-electron chi connectivity index (χ2n) is 4.70. The monoisotopic (exact) mass is 283 g/mol. The van der Waals surface area contributed by atoms with Gasteiger partial charge in [0, 0.05) is 6.04 Å². The molecule has 0 radical (unpaired) electrons. The van der Waals surface area contributed by atoms with E-state index in [0.717, 1.165) is 25.7 Å². The molecule has 94 valence electrons. The summed E-state index contributed by atoms with van der Waals surface area (Å²) in [7, 11) is 0. The maximum absolute atomic E-state index is 12.3. The molecule has 1 aromatic rings. The lowest BCUT2D eigenvalue weighted by molar-refractivity contribution is 0.0588. The summed E-state index contributed by atoms with van der Waals surface area (Å²) in [4.78, 5) is 26.0. The van der Waals surface area contributed by atoms with E-state index < -0.39 is 0 Å². The summed E-state index contributed by atoms with van der Waals surface area (Å²) in [6, 6.07) is 3.13. The molecule has 2 amide bonds. The molecule has 1 aliphatic heterocycles. The van der Waals surface area contributed by atoms with E-state index in [1.165, 1.54) is 4.90 Å². The van der Waals surface area contributed by atoms with E-state index in [4.69, 9.17) is 23.2 Å². The topological polar surface area (TPSA) is 37.4 Å². The predicted molar refractivity (Wildman–Crippen MR) is 69.2 cm³/mol. The smallest absolute Gasteiger partial charge is 0.263 e. The van der Waals surface area contributed by atoms with Gasteiger partial charge in [-0.05, 0) is 25.0 Å². The van der Waals surface area contributed by atoms with Gasteiger partial charge < -0.3 is 0 Å². The summed E-state index contributed by atoms with van der Waals surface area (Å²) >= 11 is 12.0. The van der Waals surface area contributed by atoms with E-state index in [0.29, 0.717) is 10.0 Å². The average Bonchev–Trinajstić information content (AvgIpc) is 2.92. The lowest BCUT2D eigenvalue weighted by Crippen LogP contribution is -2.38. The third kappa shape index (κ3) is 1.57. The summed E-state index contributed by atoms with van der Waals surface area (Å²) in [5.41, 5.74) is 0.530. The van der Waals surface area contributed by atoms with Gasteiger partial charge in [0.05, 0.1) is 21.2 Å². The number of rotatable bonds is 1. The van der Waals surface area contributed by atoms with Crippen molar-refractivity contribution in [1.29, 1.82) is 0 Å². The Kier molecular flexibility index (Phi) is 2.83. The number of nitrogens with zero attached hydrogens (tertiary/aromatic N) is 1. The quantitative estimate of drug-likeness (QED) is 0.740. The maximum Gasteiger partial charge on any atom is 0.263 e. The highest BCUT2D eigenvalue weighted by Gasteiger charge is 2.43. The van der Waals surface area contributed by atoms with Gasteiger partial charge in [0.1, 0.15) is 0 Å². The number of hydrogen-bond donors (Lipinski definition) is 0. The normalized spacial score (nSPS) is 19.8. The van der Waals surface area contributed by atoms with Crippen LogP contribution in [0.15, 0.2) is 12.1 Å². The Morgan fingerprint density at radius 3 is 1.83 bits per heavy atom. The summed E-state index contributed by atoms with van der Waals surface area (Å²) in [5, 5.41) is 0.599. The van der Waals surface area contributed by atoms with E-state index in [1.54, 1.807) is 12.1 Å². The minimum Gasteiger partial charge on any atom is -0.271 e. The van der Waals surface area contributed by atoms with Crippen LogP contribution in [-0.4, -0.2) is 22.8 Å². The van der Waals surface area contributed by atoms with Crippen molar-refractivity contribution in [3.05, 3.63) is 33.3 Å². The van der Waals surface area contributed by atoms with Gasteiger partial charge in [-0.1, -0.05) is 36.0 Å². The van der Waals surface area contributed by atoms with Gasteiger partial charge in [-0.15, -0.1) is 0 Å². The van der Waals surface area contributed by atoms with Crippen LogP contribution in [0.25, 0.3) is 0 Å². The van der Waals surface area contributed by atoms with Crippen LogP contribution >= 0.6 is 23.2 Å². The number of carbonyl (C=O) groups excluding carboxylic acids is 2. The van der Waals surface area contributed by atoms with Gasteiger partial charge in [0.2, 0.25) is 0 Å². The zero-order chi connectivity index (χ0) is 12.9. The lowest BCUT2D eigenvalue weighted by atomic mass is 10.1. The van der Waals surface area contributed by atoms with Crippen LogP contribution in [0.4, 0.5) is 0 Å². The number of benzene rings is 1. The Labute approximate surface area is 115 Å². The van der Waals surface area contributed by atoms with Crippen molar-refractivity contribution >= 4 is 35.0 Å². The summed E-state index contributed by atoms with van der Waals surface area (Å²) in [6.07, 6.45) is 3.86. The van der Waals surface area contributed by atoms with Gasteiger partial charge >= 0.3 is 0 Å². The van der Waals surface area contributed by atoms with Crippen molar-refractivity contribution in [3.8, 4) is 0 Å². The van der Waals surface area contributed by atoms with Gasteiger partial charge in [0.25, 0.3) is 11.8 Å². The van der Waals surface area contributed by atoms with Crippen molar-refractivity contribution in [2.45, 2.75) is 31.7 Å². The minimum absolute atomic E-state index is 0.00420. The second-order valence-corrected chi connectivity index (χ2v) is 5.51. The molecular weight excluding hydrogens is 273 g/mol. The first-order valence-electron chi connectivity index (χ1n) is 5.97. The van der Waals surface area contributed by atoms with Crippen LogP contribution in [-0.2, 0) is 0 Å². The van der Waals surface area contributed by atoms with E-state index in [2.05, 4.69) is 0 Å². The molecule has 3 rings (SSSR count). The third-order valence-corrected chi connectivity index (χ3v) is 4.29. The number of hydrogen-bond acceptors (Lipinski definition) is 2. The zero-order valence-electron chi connectivity index (χ0n) is 9.58.